The van der Waals surface area contributed by atoms with E-state index in [2.05, 4.69) is 0 Å². The van der Waals surface area contributed by atoms with Crippen LogP contribution in [-0.2, 0) is 19.1 Å². The standard InChI is InChI=1S/C24H24O9/c1-14(26)31-8-6-7-17-9-19(23(32-15(2)27)21(11-17)29-4)20-10-18(13-25)12-22(30-5)24(20)33-16(3)28/h6-7,9-13H,8H2,1-5H3/b7-6+. The summed E-state index contributed by atoms with van der Waals surface area (Å²) in [6.07, 6.45) is 3.88. The first-order valence-electron chi connectivity index (χ1n) is 9.76. The van der Waals surface area contributed by atoms with Gasteiger partial charge in [-0.1, -0.05) is 6.08 Å². The van der Waals surface area contributed by atoms with Crippen LogP contribution < -0.4 is 18.9 Å². The maximum atomic E-state index is 11.8. The van der Waals surface area contributed by atoms with E-state index in [4.69, 9.17) is 23.7 Å². The van der Waals surface area contributed by atoms with E-state index in [9.17, 15) is 19.2 Å². The summed E-state index contributed by atoms with van der Waals surface area (Å²) in [6.45, 7) is 3.79. The van der Waals surface area contributed by atoms with Crippen LogP contribution in [0.25, 0.3) is 17.2 Å². The van der Waals surface area contributed by atoms with Crippen molar-refractivity contribution < 1.29 is 42.9 Å². The van der Waals surface area contributed by atoms with Crippen LogP contribution in [0.2, 0.25) is 0 Å². The maximum absolute atomic E-state index is 11.8. The molecule has 0 unspecified atom stereocenters. The van der Waals surface area contributed by atoms with E-state index in [0.29, 0.717) is 17.4 Å². The lowest BCUT2D eigenvalue weighted by molar-refractivity contribution is -0.139. The summed E-state index contributed by atoms with van der Waals surface area (Å²) in [4.78, 5) is 46.1. The van der Waals surface area contributed by atoms with Gasteiger partial charge in [-0.25, -0.2) is 0 Å². The van der Waals surface area contributed by atoms with Crippen molar-refractivity contribution in [2.45, 2.75) is 20.8 Å². The largest absolute Gasteiger partial charge is 0.493 e. The number of carbonyl (C=O) groups excluding carboxylic acids is 4. The van der Waals surface area contributed by atoms with E-state index in [0.717, 1.165) is 0 Å². The highest BCUT2D eigenvalue weighted by Gasteiger charge is 2.23. The van der Waals surface area contributed by atoms with Gasteiger partial charge in [0, 0.05) is 37.5 Å². The van der Waals surface area contributed by atoms with Gasteiger partial charge in [-0.2, -0.15) is 0 Å². The highest BCUT2D eigenvalue weighted by Crippen LogP contribution is 2.47. The predicted molar refractivity (Wildman–Crippen MR) is 119 cm³/mol. The van der Waals surface area contributed by atoms with Crippen LogP contribution in [-0.4, -0.2) is 45.0 Å². The van der Waals surface area contributed by atoms with Crippen LogP contribution in [0.15, 0.2) is 30.3 Å². The molecular formula is C24H24O9. The zero-order valence-electron chi connectivity index (χ0n) is 18.9. The Morgan fingerprint density at radius 2 is 1.24 bits per heavy atom. The molecule has 0 saturated carbocycles. The number of esters is 3. The van der Waals surface area contributed by atoms with Crippen molar-refractivity contribution in [1.82, 2.24) is 0 Å². The summed E-state index contributed by atoms with van der Waals surface area (Å²) < 4.78 is 26.4. The molecule has 0 aliphatic rings. The molecule has 0 saturated heterocycles. The number of rotatable bonds is 9. The molecule has 2 rings (SSSR count). The molecule has 2 aromatic carbocycles. The number of benzene rings is 2. The zero-order valence-corrected chi connectivity index (χ0v) is 18.9. The van der Waals surface area contributed by atoms with Crippen LogP contribution >= 0.6 is 0 Å². The number of aldehydes is 1. The Hall–Kier alpha value is -4.14. The summed E-state index contributed by atoms with van der Waals surface area (Å²) in [5.41, 5.74) is 1.39. The first-order chi connectivity index (χ1) is 15.7. The molecule has 0 heterocycles. The van der Waals surface area contributed by atoms with Gasteiger partial charge in [-0.3, -0.25) is 19.2 Å². The first-order valence-corrected chi connectivity index (χ1v) is 9.76. The van der Waals surface area contributed by atoms with E-state index < -0.39 is 17.9 Å². The van der Waals surface area contributed by atoms with Crippen LogP contribution in [0.1, 0.15) is 36.7 Å². The van der Waals surface area contributed by atoms with Gasteiger partial charge in [0.05, 0.1) is 14.2 Å². The average Bonchev–Trinajstić information content (AvgIpc) is 2.76. The quantitative estimate of drug-likeness (QED) is 0.317. The van der Waals surface area contributed by atoms with E-state index in [1.807, 2.05) is 0 Å². The number of methoxy groups -OCH3 is 2. The smallest absolute Gasteiger partial charge is 0.308 e. The summed E-state index contributed by atoms with van der Waals surface area (Å²) in [5.74, 6) is -1.22. The lowest BCUT2D eigenvalue weighted by atomic mass is 9.97. The Kier molecular flexibility index (Phi) is 8.73. The van der Waals surface area contributed by atoms with Gasteiger partial charge in [-0.05, 0) is 35.9 Å². The molecule has 2 aromatic rings. The van der Waals surface area contributed by atoms with Gasteiger partial charge in [0.2, 0.25) is 0 Å². The SMILES string of the molecule is COc1cc(C=O)cc(-c2cc(/C=C/COC(C)=O)cc(OC)c2OC(C)=O)c1OC(C)=O. The van der Waals surface area contributed by atoms with Crippen molar-refractivity contribution in [2.75, 3.05) is 20.8 Å². The molecule has 33 heavy (non-hydrogen) atoms. The minimum atomic E-state index is -0.619. The highest BCUT2D eigenvalue weighted by molar-refractivity contribution is 5.90. The molecule has 0 fully saturated rings. The molecule has 0 aliphatic carbocycles. The van der Waals surface area contributed by atoms with E-state index in [-0.39, 0.29) is 40.7 Å². The Balaban J connectivity index is 2.82. The lowest BCUT2D eigenvalue weighted by Gasteiger charge is -2.19. The molecule has 0 atom stereocenters. The van der Waals surface area contributed by atoms with E-state index in [1.165, 1.54) is 47.1 Å². The number of hydrogen-bond acceptors (Lipinski definition) is 9. The summed E-state index contributed by atoms with van der Waals surface area (Å²) in [6, 6.07) is 6.14. The zero-order chi connectivity index (χ0) is 24.5. The second-order valence-corrected chi connectivity index (χ2v) is 6.71. The summed E-state index contributed by atoms with van der Waals surface area (Å²) in [5, 5.41) is 0. The third-order valence-corrected chi connectivity index (χ3v) is 4.21. The molecule has 9 heteroatoms. The number of ether oxygens (including phenoxy) is 5. The van der Waals surface area contributed by atoms with Crippen molar-refractivity contribution in [3.8, 4) is 34.1 Å². The Labute approximate surface area is 190 Å². The number of hydrogen-bond donors (Lipinski definition) is 0. The van der Waals surface area contributed by atoms with Crippen molar-refractivity contribution in [3.63, 3.8) is 0 Å². The minimum absolute atomic E-state index is 0.0343. The summed E-state index contributed by atoms with van der Waals surface area (Å²) >= 11 is 0. The third kappa shape index (κ3) is 6.67. The molecule has 0 bridgehead atoms. The fraction of sp³-hybridized carbons (Fsp3) is 0.250. The molecule has 174 valence electrons. The van der Waals surface area contributed by atoms with Gasteiger partial charge in [0.1, 0.15) is 12.9 Å². The average molecular weight is 456 g/mol. The molecular weight excluding hydrogens is 432 g/mol. The van der Waals surface area contributed by atoms with Gasteiger partial charge in [0.25, 0.3) is 0 Å². The molecule has 0 aliphatic heterocycles. The first kappa shape index (κ1) is 25.1. The van der Waals surface area contributed by atoms with Gasteiger partial charge in [0.15, 0.2) is 23.0 Å². The summed E-state index contributed by atoms with van der Waals surface area (Å²) in [7, 11) is 2.76. The second-order valence-electron chi connectivity index (χ2n) is 6.71. The van der Waals surface area contributed by atoms with Gasteiger partial charge in [-0.15, -0.1) is 0 Å². The van der Waals surface area contributed by atoms with Crippen molar-refractivity contribution in [2.24, 2.45) is 0 Å². The fourth-order valence-electron chi connectivity index (χ4n) is 2.96. The van der Waals surface area contributed by atoms with Crippen molar-refractivity contribution in [1.29, 1.82) is 0 Å². The molecule has 0 aromatic heterocycles. The molecule has 0 amide bonds. The minimum Gasteiger partial charge on any atom is -0.493 e. The van der Waals surface area contributed by atoms with E-state index >= 15 is 0 Å². The maximum Gasteiger partial charge on any atom is 0.308 e. The molecule has 0 radical (unpaired) electrons. The van der Waals surface area contributed by atoms with Crippen molar-refractivity contribution >= 4 is 30.3 Å². The van der Waals surface area contributed by atoms with Crippen LogP contribution in [0, 0.1) is 0 Å². The normalized spacial score (nSPS) is 10.5. The van der Waals surface area contributed by atoms with Crippen molar-refractivity contribution in [3.05, 3.63) is 41.5 Å². The molecule has 9 nitrogen and oxygen atoms in total. The Morgan fingerprint density at radius 1 is 0.758 bits per heavy atom. The lowest BCUT2D eigenvalue weighted by Crippen LogP contribution is -2.08. The van der Waals surface area contributed by atoms with Crippen LogP contribution in [0.5, 0.6) is 23.0 Å². The second kappa shape index (κ2) is 11.5. The van der Waals surface area contributed by atoms with E-state index in [1.54, 1.807) is 24.3 Å². The predicted octanol–water partition coefficient (Wildman–Crippen LogP) is 3.61. The monoisotopic (exact) mass is 456 g/mol. The third-order valence-electron chi connectivity index (χ3n) is 4.21. The van der Waals surface area contributed by atoms with Gasteiger partial charge < -0.3 is 23.7 Å². The fourth-order valence-corrected chi connectivity index (χ4v) is 2.96. The number of carbonyl (C=O) groups is 4. The Morgan fingerprint density at radius 3 is 1.67 bits per heavy atom. The molecule has 0 N–H and O–H groups in total. The Bertz CT molecular complexity index is 1100. The van der Waals surface area contributed by atoms with Gasteiger partial charge >= 0.3 is 17.9 Å². The highest BCUT2D eigenvalue weighted by atomic mass is 16.6. The van der Waals surface area contributed by atoms with Crippen LogP contribution in [0.4, 0.5) is 0 Å². The topological polar surface area (TPSA) is 114 Å². The van der Waals surface area contributed by atoms with Crippen LogP contribution in [0.3, 0.4) is 0 Å². The molecule has 0 spiro atoms.